The van der Waals surface area contributed by atoms with E-state index in [0.717, 1.165) is 13.0 Å². The highest BCUT2D eigenvalue weighted by Crippen LogP contribution is 2.17. The van der Waals surface area contributed by atoms with E-state index in [1.807, 2.05) is 0 Å². The first-order chi connectivity index (χ1) is 6.27. The Kier molecular flexibility index (Phi) is 2.38. The van der Waals surface area contributed by atoms with Gasteiger partial charge in [0.25, 0.3) is 5.56 Å². The van der Waals surface area contributed by atoms with Gasteiger partial charge in [0.1, 0.15) is 0 Å². The summed E-state index contributed by atoms with van der Waals surface area (Å²) in [6.07, 6.45) is 2.56. The van der Waals surface area contributed by atoms with Gasteiger partial charge in [-0.3, -0.25) is 4.79 Å². The number of hydrogen-bond acceptors (Lipinski definition) is 2. The van der Waals surface area contributed by atoms with Crippen molar-refractivity contribution in [2.24, 2.45) is 0 Å². The van der Waals surface area contributed by atoms with Gasteiger partial charge in [-0.1, -0.05) is 11.6 Å². The lowest BCUT2D eigenvalue weighted by Gasteiger charge is -2.11. The number of aromatic nitrogens is 1. The van der Waals surface area contributed by atoms with Crippen LogP contribution in [-0.2, 0) is 4.74 Å². The molecule has 1 aliphatic heterocycles. The van der Waals surface area contributed by atoms with E-state index in [-0.39, 0.29) is 11.6 Å². The molecular weight excluding hydrogens is 190 g/mol. The van der Waals surface area contributed by atoms with E-state index >= 15 is 0 Å². The third-order valence-electron chi connectivity index (χ3n) is 2.20. The molecule has 0 N–H and O–H groups in total. The van der Waals surface area contributed by atoms with Crippen LogP contribution in [0.1, 0.15) is 12.5 Å². The minimum absolute atomic E-state index is 0.0140. The average molecular weight is 200 g/mol. The normalized spacial score (nSPS) is 22.1. The summed E-state index contributed by atoms with van der Waals surface area (Å²) < 4.78 is 6.85. The highest BCUT2D eigenvalue weighted by Gasteiger charge is 2.18. The summed E-state index contributed by atoms with van der Waals surface area (Å²) in [5.41, 5.74) is -0.0140. The largest absolute Gasteiger partial charge is 0.379 e. The molecule has 13 heavy (non-hydrogen) atoms. The van der Waals surface area contributed by atoms with Gasteiger partial charge in [0.2, 0.25) is 0 Å². The zero-order chi connectivity index (χ0) is 9.26. The number of ether oxygens (including phenoxy) is 1. The van der Waals surface area contributed by atoms with Crippen molar-refractivity contribution in [3.05, 3.63) is 33.7 Å². The van der Waals surface area contributed by atoms with Crippen LogP contribution in [0.2, 0.25) is 5.02 Å². The Labute approximate surface area is 80.9 Å². The van der Waals surface area contributed by atoms with Crippen LogP contribution in [0, 0.1) is 0 Å². The molecule has 0 aromatic carbocycles. The Morgan fingerprint density at radius 3 is 3.08 bits per heavy atom. The van der Waals surface area contributed by atoms with Crippen LogP contribution < -0.4 is 5.56 Å². The smallest absolute Gasteiger partial charge is 0.250 e. The summed E-state index contributed by atoms with van der Waals surface area (Å²) in [6.45, 7) is 1.34. The van der Waals surface area contributed by atoms with Crippen molar-refractivity contribution < 1.29 is 4.74 Å². The molecule has 0 saturated carbocycles. The van der Waals surface area contributed by atoms with Gasteiger partial charge in [-0.25, -0.2) is 0 Å². The number of rotatable bonds is 1. The molecule has 1 aromatic heterocycles. The fourth-order valence-corrected chi connectivity index (χ4v) is 1.67. The average Bonchev–Trinajstić information content (AvgIpc) is 2.61. The highest BCUT2D eigenvalue weighted by molar-refractivity contribution is 6.30. The van der Waals surface area contributed by atoms with Crippen molar-refractivity contribution in [3.8, 4) is 0 Å². The van der Waals surface area contributed by atoms with Gasteiger partial charge in [0, 0.05) is 18.9 Å². The van der Waals surface area contributed by atoms with Crippen molar-refractivity contribution in [1.29, 1.82) is 0 Å². The topological polar surface area (TPSA) is 31.2 Å². The number of halogens is 1. The van der Waals surface area contributed by atoms with Crippen molar-refractivity contribution in [1.82, 2.24) is 4.57 Å². The summed E-state index contributed by atoms with van der Waals surface area (Å²) in [7, 11) is 0. The van der Waals surface area contributed by atoms with E-state index in [1.54, 1.807) is 16.8 Å². The number of pyridine rings is 1. The van der Waals surface area contributed by atoms with Gasteiger partial charge in [0.05, 0.1) is 17.7 Å². The third-order valence-corrected chi connectivity index (χ3v) is 2.42. The molecule has 2 heterocycles. The van der Waals surface area contributed by atoms with E-state index in [9.17, 15) is 4.79 Å². The maximum absolute atomic E-state index is 11.4. The molecule has 0 amide bonds. The number of nitrogens with zero attached hydrogens (tertiary/aromatic N) is 1. The van der Waals surface area contributed by atoms with Gasteiger partial charge < -0.3 is 9.30 Å². The van der Waals surface area contributed by atoms with Crippen LogP contribution in [0.15, 0.2) is 23.1 Å². The Hall–Kier alpha value is -0.800. The molecule has 70 valence electrons. The second-order valence-electron chi connectivity index (χ2n) is 3.11. The number of hydrogen-bond donors (Lipinski definition) is 0. The summed E-state index contributed by atoms with van der Waals surface area (Å²) in [5.74, 6) is 0. The van der Waals surface area contributed by atoms with Crippen molar-refractivity contribution in [2.45, 2.75) is 12.5 Å². The Bertz CT molecular complexity index is 355. The minimum Gasteiger partial charge on any atom is -0.379 e. The van der Waals surface area contributed by atoms with Crippen LogP contribution in [0.3, 0.4) is 0 Å². The van der Waals surface area contributed by atoms with Gasteiger partial charge in [-0.2, -0.15) is 0 Å². The molecular formula is C9H10ClNO2. The van der Waals surface area contributed by atoms with Gasteiger partial charge in [-0.05, 0) is 12.5 Å². The lowest BCUT2D eigenvalue weighted by molar-refractivity contribution is 0.186. The minimum atomic E-state index is -0.0140. The molecule has 4 heteroatoms. The molecule has 0 bridgehead atoms. The second kappa shape index (κ2) is 3.52. The first kappa shape index (κ1) is 8.78. The Morgan fingerprint density at radius 1 is 1.54 bits per heavy atom. The van der Waals surface area contributed by atoms with Crippen molar-refractivity contribution in [2.75, 3.05) is 13.2 Å². The van der Waals surface area contributed by atoms with Crippen LogP contribution in [0.5, 0.6) is 0 Å². The highest BCUT2D eigenvalue weighted by atomic mass is 35.5. The maximum Gasteiger partial charge on any atom is 0.250 e. The maximum atomic E-state index is 11.4. The standard InChI is InChI=1S/C9H10ClNO2/c10-7-1-2-9(12)11(5-7)8-3-4-13-6-8/h1-2,5,8H,3-4,6H2. The van der Waals surface area contributed by atoms with Crippen molar-refractivity contribution in [3.63, 3.8) is 0 Å². The van der Waals surface area contributed by atoms with Crippen LogP contribution >= 0.6 is 11.6 Å². The fourth-order valence-electron chi connectivity index (χ4n) is 1.50. The molecule has 2 rings (SSSR count). The van der Waals surface area contributed by atoms with E-state index in [1.165, 1.54) is 6.07 Å². The van der Waals surface area contributed by atoms with E-state index in [4.69, 9.17) is 16.3 Å². The fraction of sp³-hybridized carbons (Fsp3) is 0.444. The molecule has 0 radical (unpaired) electrons. The SMILES string of the molecule is O=c1ccc(Cl)cn1C1CCOC1. The van der Waals surface area contributed by atoms with Crippen LogP contribution in [-0.4, -0.2) is 17.8 Å². The summed E-state index contributed by atoms with van der Waals surface area (Å²) in [5, 5.41) is 0.589. The summed E-state index contributed by atoms with van der Waals surface area (Å²) in [4.78, 5) is 11.4. The molecule has 1 aliphatic rings. The van der Waals surface area contributed by atoms with E-state index in [0.29, 0.717) is 11.6 Å². The summed E-state index contributed by atoms with van der Waals surface area (Å²) >= 11 is 5.79. The first-order valence-electron chi connectivity index (χ1n) is 4.23. The predicted octanol–water partition coefficient (Wildman–Crippen LogP) is 1.46. The van der Waals surface area contributed by atoms with E-state index < -0.39 is 0 Å². The quantitative estimate of drug-likeness (QED) is 0.686. The van der Waals surface area contributed by atoms with Crippen LogP contribution in [0.25, 0.3) is 0 Å². The molecule has 3 nitrogen and oxygen atoms in total. The van der Waals surface area contributed by atoms with Gasteiger partial charge in [-0.15, -0.1) is 0 Å². The zero-order valence-corrected chi connectivity index (χ0v) is 7.83. The molecule has 0 spiro atoms. The molecule has 1 saturated heterocycles. The Morgan fingerprint density at radius 2 is 2.38 bits per heavy atom. The lowest BCUT2D eigenvalue weighted by Crippen LogP contribution is -2.23. The second-order valence-corrected chi connectivity index (χ2v) is 3.55. The van der Waals surface area contributed by atoms with Crippen molar-refractivity contribution >= 4 is 11.6 Å². The van der Waals surface area contributed by atoms with E-state index in [2.05, 4.69) is 0 Å². The molecule has 1 atom stereocenters. The zero-order valence-electron chi connectivity index (χ0n) is 7.07. The predicted molar refractivity (Wildman–Crippen MR) is 50.2 cm³/mol. The van der Waals surface area contributed by atoms with Crippen LogP contribution in [0.4, 0.5) is 0 Å². The van der Waals surface area contributed by atoms with Gasteiger partial charge >= 0.3 is 0 Å². The molecule has 1 unspecified atom stereocenters. The molecule has 1 aromatic rings. The Balaban J connectivity index is 2.37. The van der Waals surface area contributed by atoms with Gasteiger partial charge in [0.15, 0.2) is 0 Å². The summed E-state index contributed by atoms with van der Waals surface area (Å²) in [6, 6.07) is 3.25. The molecule has 1 fully saturated rings. The first-order valence-corrected chi connectivity index (χ1v) is 4.60. The monoisotopic (exact) mass is 199 g/mol. The molecule has 0 aliphatic carbocycles. The lowest BCUT2D eigenvalue weighted by atomic mass is 10.2. The third kappa shape index (κ3) is 1.76.